The summed E-state index contributed by atoms with van der Waals surface area (Å²) in [5.74, 6) is 0.683. The molecule has 1 aliphatic carbocycles. The number of likely N-dealkylation sites (tertiary alicyclic amines) is 1. The van der Waals surface area contributed by atoms with Crippen LogP contribution in [0.4, 0.5) is 4.79 Å². The van der Waals surface area contributed by atoms with Gasteiger partial charge < -0.3 is 15.0 Å². The molecule has 1 N–H and O–H groups in total. The monoisotopic (exact) mass is 240 g/mol. The maximum atomic E-state index is 12.1. The fraction of sp³-hybridized carbons (Fsp3) is 0.923. The van der Waals surface area contributed by atoms with Crippen molar-refractivity contribution in [3.8, 4) is 0 Å². The van der Waals surface area contributed by atoms with Gasteiger partial charge in [-0.05, 0) is 53.0 Å². The van der Waals surface area contributed by atoms with Gasteiger partial charge in [-0.3, -0.25) is 0 Å². The van der Waals surface area contributed by atoms with E-state index in [2.05, 4.69) is 5.32 Å². The van der Waals surface area contributed by atoms with Crippen molar-refractivity contribution in [1.29, 1.82) is 0 Å². The Morgan fingerprint density at radius 3 is 2.41 bits per heavy atom. The van der Waals surface area contributed by atoms with Crippen LogP contribution in [-0.4, -0.2) is 42.3 Å². The van der Waals surface area contributed by atoms with E-state index in [0.29, 0.717) is 18.0 Å². The molecule has 1 saturated heterocycles. The van der Waals surface area contributed by atoms with Gasteiger partial charge in [0.25, 0.3) is 0 Å². The molecule has 2 fully saturated rings. The molecule has 0 bridgehead atoms. The molecular formula is C13H24N2O2. The number of likely N-dealkylation sites (N-methyl/N-ethyl adjacent to an activating group) is 1. The van der Waals surface area contributed by atoms with Crippen molar-refractivity contribution in [2.45, 2.75) is 57.7 Å². The van der Waals surface area contributed by atoms with Crippen molar-refractivity contribution in [3.63, 3.8) is 0 Å². The van der Waals surface area contributed by atoms with E-state index in [9.17, 15) is 4.79 Å². The van der Waals surface area contributed by atoms with Crippen LogP contribution in [0.25, 0.3) is 0 Å². The number of ether oxygens (including phenoxy) is 1. The van der Waals surface area contributed by atoms with Crippen LogP contribution in [-0.2, 0) is 4.74 Å². The molecule has 0 aromatic rings. The first kappa shape index (κ1) is 12.7. The van der Waals surface area contributed by atoms with E-state index in [1.165, 1.54) is 12.8 Å². The Labute approximate surface area is 104 Å². The summed E-state index contributed by atoms with van der Waals surface area (Å²) in [6, 6.07) is 0.782. The zero-order valence-electron chi connectivity index (χ0n) is 11.3. The van der Waals surface area contributed by atoms with E-state index in [1.54, 1.807) is 0 Å². The van der Waals surface area contributed by atoms with Crippen LogP contribution < -0.4 is 5.32 Å². The Morgan fingerprint density at radius 2 is 1.94 bits per heavy atom. The molecule has 2 rings (SSSR count). The number of hydrogen-bond acceptors (Lipinski definition) is 3. The second kappa shape index (κ2) is 4.48. The summed E-state index contributed by atoms with van der Waals surface area (Å²) >= 11 is 0. The molecule has 0 radical (unpaired) electrons. The van der Waals surface area contributed by atoms with Crippen LogP contribution in [0.5, 0.6) is 0 Å². The summed E-state index contributed by atoms with van der Waals surface area (Å²) < 4.78 is 5.48. The molecule has 0 aromatic heterocycles. The normalized spacial score (nSPS) is 29.5. The van der Waals surface area contributed by atoms with Crippen molar-refractivity contribution in [2.75, 3.05) is 13.6 Å². The molecule has 98 valence electrons. The number of carbonyl (C=O) groups is 1. The van der Waals surface area contributed by atoms with Crippen LogP contribution in [0.3, 0.4) is 0 Å². The van der Waals surface area contributed by atoms with Gasteiger partial charge in [-0.25, -0.2) is 4.79 Å². The predicted octanol–water partition coefficient (Wildman–Crippen LogP) is 1.99. The van der Waals surface area contributed by atoms with E-state index in [0.717, 1.165) is 13.0 Å². The highest BCUT2D eigenvalue weighted by Crippen LogP contribution is 2.40. The Hall–Kier alpha value is -0.770. The van der Waals surface area contributed by atoms with Crippen LogP contribution in [0.1, 0.15) is 40.0 Å². The summed E-state index contributed by atoms with van der Waals surface area (Å²) in [5, 5.41) is 3.33. The van der Waals surface area contributed by atoms with Gasteiger partial charge >= 0.3 is 6.09 Å². The highest BCUT2D eigenvalue weighted by atomic mass is 16.6. The van der Waals surface area contributed by atoms with Crippen molar-refractivity contribution >= 4 is 6.09 Å². The molecule has 17 heavy (non-hydrogen) atoms. The van der Waals surface area contributed by atoms with E-state index < -0.39 is 5.60 Å². The number of amides is 1. The zero-order chi connectivity index (χ0) is 12.6. The molecule has 0 spiro atoms. The number of hydrogen-bond donors (Lipinski definition) is 1. The van der Waals surface area contributed by atoms with Crippen LogP contribution in [0.15, 0.2) is 0 Å². The second-order valence-electron chi connectivity index (χ2n) is 6.19. The van der Waals surface area contributed by atoms with E-state index in [1.807, 2.05) is 32.7 Å². The fourth-order valence-electron chi connectivity index (χ4n) is 2.68. The van der Waals surface area contributed by atoms with Crippen molar-refractivity contribution in [1.82, 2.24) is 10.2 Å². The molecule has 2 atom stereocenters. The molecule has 0 aromatic carbocycles. The maximum absolute atomic E-state index is 12.1. The Balaban J connectivity index is 2.02. The Morgan fingerprint density at radius 1 is 1.29 bits per heavy atom. The molecule has 1 aliphatic heterocycles. The van der Waals surface area contributed by atoms with Gasteiger partial charge in [-0.15, -0.1) is 0 Å². The number of rotatable bonds is 2. The maximum Gasteiger partial charge on any atom is 0.410 e. The first-order valence-corrected chi connectivity index (χ1v) is 6.59. The van der Waals surface area contributed by atoms with Crippen LogP contribution >= 0.6 is 0 Å². The first-order valence-electron chi connectivity index (χ1n) is 6.59. The van der Waals surface area contributed by atoms with Crippen LogP contribution in [0, 0.1) is 5.92 Å². The van der Waals surface area contributed by atoms with Gasteiger partial charge in [0.05, 0.1) is 6.04 Å². The molecular weight excluding hydrogens is 216 g/mol. The molecule has 0 unspecified atom stereocenters. The topological polar surface area (TPSA) is 41.6 Å². The standard InChI is InChI=1S/C13H24N2O2/c1-13(2,3)17-12(16)15-8-7-10(14-4)11(15)9-5-6-9/h9-11,14H,5-8H2,1-4H3/t10-,11-/m1/s1. The smallest absolute Gasteiger partial charge is 0.410 e. The van der Waals surface area contributed by atoms with E-state index in [4.69, 9.17) is 4.74 Å². The molecule has 2 aliphatic rings. The Kier molecular flexibility index (Phi) is 3.34. The average molecular weight is 240 g/mol. The summed E-state index contributed by atoms with van der Waals surface area (Å²) in [6.45, 7) is 6.58. The number of carbonyl (C=O) groups excluding carboxylic acids is 1. The minimum absolute atomic E-state index is 0.146. The summed E-state index contributed by atoms with van der Waals surface area (Å²) in [4.78, 5) is 14.1. The van der Waals surface area contributed by atoms with Gasteiger partial charge in [0.1, 0.15) is 5.60 Å². The average Bonchev–Trinajstić information content (AvgIpc) is 2.94. The van der Waals surface area contributed by atoms with Gasteiger partial charge in [-0.2, -0.15) is 0 Å². The minimum atomic E-state index is -0.400. The van der Waals surface area contributed by atoms with Crippen LogP contribution in [0.2, 0.25) is 0 Å². The molecule has 1 saturated carbocycles. The summed E-state index contributed by atoms with van der Waals surface area (Å²) in [6.07, 6.45) is 3.40. The summed E-state index contributed by atoms with van der Waals surface area (Å²) in [7, 11) is 1.98. The third kappa shape index (κ3) is 2.92. The van der Waals surface area contributed by atoms with E-state index >= 15 is 0 Å². The second-order valence-corrected chi connectivity index (χ2v) is 6.19. The lowest BCUT2D eigenvalue weighted by atomic mass is 10.1. The largest absolute Gasteiger partial charge is 0.444 e. The Bertz CT molecular complexity index is 294. The predicted molar refractivity (Wildman–Crippen MR) is 66.9 cm³/mol. The van der Waals surface area contributed by atoms with Gasteiger partial charge in [0.2, 0.25) is 0 Å². The molecule has 4 heteroatoms. The third-order valence-corrected chi connectivity index (χ3v) is 3.56. The quantitative estimate of drug-likeness (QED) is 0.802. The van der Waals surface area contributed by atoms with Crippen molar-refractivity contribution in [2.24, 2.45) is 5.92 Å². The summed E-state index contributed by atoms with van der Waals surface area (Å²) in [5.41, 5.74) is -0.400. The molecule has 1 heterocycles. The number of nitrogens with zero attached hydrogens (tertiary/aromatic N) is 1. The zero-order valence-corrected chi connectivity index (χ0v) is 11.3. The van der Waals surface area contributed by atoms with Gasteiger partial charge in [0.15, 0.2) is 0 Å². The SMILES string of the molecule is CN[C@@H]1CCN(C(=O)OC(C)(C)C)[C@@H]1C1CC1. The van der Waals surface area contributed by atoms with Crippen molar-refractivity contribution < 1.29 is 9.53 Å². The lowest BCUT2D eigenvalue weighted by molar-refractivity contribution is 0.0198. The lowest BCUT2D eigenvalue weighted by Gasteiger charge is -2.30. The highest BCUT2D eigenvalue weighted by molar-refractivity contribution is 5.69. The molecule has 1 amide bonds. The van der Waals surface area contributed by atoms with Gasteiger partial charge in [0, 0.05) is 12.6 Å². The first-order chi connectivity index (χ1) is 7.92. The van der Waals surface area contributed by atoms with Crippen molar-refractivity contribution in [3.05, 3.63) is 0 Å². The third-order valence-electron chi connectivity index (χ3n) is 3.56. The number of nitrogens with one attached hydrogen (secondary N) is 1. The lowest BCUT2D eigenvalue weighted by Crippen LogP contribution is -2.46. The molecule has 4 nitrogen and oxygen atoms in total. The van der Waals surface area contributed by atoms with E-state index in [-0.39, 0.29) is 6.09 Å². The minimum Gasteiger partial charge on any atom is -0.444 e. The fourth-order valence-corrected chi connectivity index (χ4v) is 2.68. The van der Waals surface area contributed by atoms with Gasteiger partial charge in [-0.1, -0.05) is 0 Å². The highest BCUT2D eigenvalue weighted by Gasteiger charge is 2.46.